The summed E-state index contributed by atoms with van der Waals surface area (Å²) < 4.78 is 20.0. The molecule has 1 amide bonds. The fourth-order valence-corrected chi connectivity index (χ4v) is 2.36. The Morgan fingerprint density at radius 3 is 2.18 bits per heavy atom. The molecule has 4 N–H and O–H groups in total. The van der Waals surface area contributed by atoms with Crippen LogP contribution in [0.2, 0.25) is 0 Å². The lowest BCUT2D eigenvalue weighted by atomic mass is 10.0. The van der Waals surface area contributed by atoms with Gasteiger partial charge in [0.2, 0.25) is 0 Å². The third-order valence-electron chi connectivity index (χ3n) is 2.82. The number of carbonyl (C=O) groups is 1. The Bertz CT molecular complexity index is 626. The minimum absolute atomic E-state index is 0.0592. The van der Waals surface area contributed by atoms with E-state index in [0.717, 1.165) is 6.26 Å². The van der Waals surface area contributed by atoms with Crippen LogP contribution in [0.15, 0.2) is 29.2 Å². The molecule has 0 fully saturated rings. The van der Waals surface area contributed by atoms with E-state index in [1.54, 1.807) is 0 Å². The molecule has 0 aliphatic carbocycles. The minimum atomic E-state index is -3.38. The van der Waals surface area contributed by atoms with Crippen molar-refractivity contribution in [3.63, 3.8) is 0 Å². The Hall–Kier alpha value is -0.900. The molecule has 1 aromatic rings. The van der Waals surface area contributed by atoms with Crippen molar-refractivity contribution >= 4 is 38.9 Å². The summed E-state index contributed by atoms with van der Waals surface area (Å²) in [6.07, 6.45) is -0.324. The van der Waals surface area contributed by atoms with Gasteiger partial charge in [0, 0.05) is 6.26 Å². The van der Waals surface area contributed by atoms with Gasteiger partial charge in [0.1, 0.15) is 6.10 Å². The average molecular weight is 372 g/mol. The summed E-state index contributed by atoms with van der Waals surface area (Å²) in [4.78, 5) is 11.5. The van der Waals surface area contributed by atoms with E-state index in [9.17, 15) is 23.4 Å². The van der Waals surface area contributed by atoms with Gasteiger partial charge in [0.05, 0.1) is 17.5 Å². The smallest absolute Gasteiger partial charge is 0.296 e. The number of carbonyl (C=O) groups excluding carboxylic acids is 1. The van der Waals surface area contributed by atoms with E-state index in [1.807, 2.05) is 0 Å². The summed E-state index contributed by atoms with van der Waals surface area (Å²) in [7, 11) is -3.38. The van der Waals surface area contributed by atoms with Gasteiger partial charge in [0.25, 0.3) is 10.4 Å². The second kappa shape index (κ2) is 7.12. The zero-order chi connectivity index (χ0) is 17.1. The molecule has 0 spiro atoms. The lowest BCUT2D eigenvalue weighted by Crippen LogP contribution is -2.48. The second-order valence-corrected chi connectivity index (χ2v) is 7.89. The Labute approximate surface area is 137 Å². The molecule has 124 valence electrons. The number of halogens is 2. The summed E-state index contributed by atoms with van der Waals surface area (Å²) in [5.74, 6) is -1.21. The first kappa shape index (κ1) is 19.1. The molecule has 7 nitrogen and oxygen atoms in total. The first-order valence-electron chi connectivity index (χ1n) is 5.97. The van der Waals surface area contributed by atoms with Crippen LogP contribution in [-0.2, 0) is 14.6 Å². The number of nitrogens with one attached hydrogen (secondary N) is 1. The Balaban J connectivity index is 2.93. The summed E-state index contributed by atoms with van der Waals surface area (Å²) in [5, 5.41) is 30.5. The van der Waals surface area contributed by atoms with Crippen LogP contribution in [0.1, 0.15) is 11.7 Å². The van der Waals surface area contributed by atoms with E-state index in [4.69, 9.17) is 28.3 Å². The zero-order valence-corrected chi connectivity index (χ0v) is 13.7. The van der Waals surface area contributed by atoms with Crippen LogP contribution in [0.5, 0.6) is 0 Å². The van der Waals surface area contributed by atoms with Gasteiger partial charge in [-0.3, -0.25) is 4.79 Å². The van der Waals surface area contributed by atoms with Crippen LogP contribution < -0.4 is 5.32 Å². The number of benzene rings is 1. The quantitative estimate of drug-likeness (QED) is 0.510. The molecule has 10 heteroatoms. The number of rotatable bonds is 6. The van der Waals surface area contributed by atoms with E-state index in [2.05, 4.69) is 5.32 Å². The predicted octanol–water partition coefficient (Wildman–Crippen LogP) is -0.276. The highest BCUT2D eigenvalue weighted by Crippen LogP contribution is 2.21. The van der Waals surface area contributed by atoms with Crippen molar-refractivity contribution in [3.05, 3.63) is 29.8 Å². The second-order valence-electron chi connectivity index (χ2n) is 4.59. The molecule has 2 atom stereocenters. The monoisotopic (exact) mass is 371 g/mol. The molecule has 0 unspecified atom stereocenters. The fraction of sp³-hybridized carbons (Fsp3) is 0.417. The lowest BCUT2D eigenvalue weighted by Gasteiger charge is -2.24. The van der Waals surface area contributed by atoms with Crippen molar-refractivity contribution in [2.45, 2.75) is 21.6 Å². The van der Waals surface area contributed by atoms with Gasteiger partial charge < -0.3 is 20.6 Å². The largest absolute Gasteiger partial charge is 0.394 e. The summed E-state index contributed by atoms with van der Waals surface area (Å²) >= 11 is 10.4. The molecule has 22 heavy (non-hydrogen) atoms. The van der Waals surface area contributed by atoms with Crippen molar-refractivity contribution < 1.29 is 28.5 Å². The summed E-state index contributed by atoms with van der Waals surface area (Å²) in [6.45, 7) is -0.662. The molecule has 0 radical (unpaired) electrons. The van der Waals surface area contributed by atoms with Gasteiger partial charge in [-0.05, 0) is 17.7 Å². The Morgan fingerprint density at radius 2 is 1.82 bits per heavy atom. The SMILES string of the molecule is CS(=O)(=O)c1ccc([C@@H](O)[C@@H](CO)NC(=O)C(O)(Cl)Cl)cc1. The number of alkyl halides is 2. The van der Waals surface area contributed by atoms with Gasteiger partial charge in [0.15, 0.2) is 9.84 Å². The number of aliphatic hydroxyl groups is 3. The third-order valence-corrected chi connectivity index (χ3v) is 4.29. The molecular weight excluding hydrogens is 357 g/mol. The Kier molecular flexibility index (Phi) is 6.19. The highest BCUT2D eigenvalue weighted by molar-refractivity contribution is 7.90. The number of hydrogen-bond donors (Lipinski definition) is 4. The number of hydrogen-bond acceptors (Lipinski definition) is 6. The highest BCUT2D eigenvalue weighted by Gasteiger charge is 2.34. The summed E-state index contributed by atoms with van der Waals surface area (Å²) in [6, 6.07) is 4.04. The number of aliphatic hydroxyl groups excluding tert-OH is 2. The normalized spacial score (nSPS) is 15.2. The van der Waals surface area contributed by atoms with E-state index in [0.29, 0.717) is 0 Å². The Morgan fingerprint density at radius 1 is 1.32 bits per heavy atom. The highest BCUT2D eigenvalue weighted by atomic mass is 35.5. The minimum Gasteiger partial charge on any atom is -0.394 e. The number of sulfone groups is 1. The zero-order valence-electron chi connectivity index (χ0n) is 11.4. The van der Waals surface area contributed by atoms with Crippen LogP contribution in [0.25, 0.3) is 0 Å². The maximum Gasteiger partial charge on any atom is 0.296 e. The third kappa shape index (κ3) is 5.08. The van der Waals surface area contributed by atoms with Gasteiger partial charge in [-0.1, -0.05) is 35.3 Å². The van der Waals surface area contributed by atoms with Crippen LogP contribution >= 0.6 is 23.2 Å². The van der Waals surface area contributed by atoms with Crippen LogP contribution in [0.4, 0.5) is 0 Å². The van der Waals surface area contributed by atoms with Gasteiger partial charge >= 0.3 is 0 Å². The van der Waals surface area contributed by atoms with Crippen molar-refractivity contribution in [2.75, 3.05) is 12.9 Å². The standard InChI is InChI=1S/C12H15Cl2NO6S/c1-22(20,21)8-4-2-7(3-5-8)10(17)9(6-16)15-11(18)12(13,14)19/h2-5,9-10,16-17,19H,6H2,1H3,(H,15,18)/t9-,10-/m1/s1. The molecule has 0 saturated heterocycles. The molecule has 0 aliphatic rings. The van der Waals surface area contributed by atoms with E-state index in [1.165, 1.54) is 24.3 Å². The van der Waals surface area contributed by atoms with Crippen LogP contribution in [-0.4, -0.2) is 53.1 Å². The molecule has 0 aliphatic heterocycles. The van der Waals surface area contributed by atoms with Crippen molar-refractivity contribution in [1.29, 1.82) is 0 Å². The van der Waals surface area contributed by atoms with E-state index in [-0.39, 0.29) is 10.5 Å². The molecule has 1 rings (SSSR count). The maximum absolute atomic E-state index is 11.4. The van der Waals surface area contributed by atoms with Crippen molar-refractivity contribution in [3.8, 4) is 0 Å². The van der Waals surface area contributed by atoms with Crippen molar-refractivity contribution in [1.82, 2.24) is 5.32 Å². The van der Waals surface area contributed by atoms with Crippen molar-refractivity contribution in [2.24, 2.45) is 0 Å². The fourth-order valence-electron chi connectivity index (χ4n) is 1.62. The van der Waals surface area contributed by atoms with Crippen LogP contribution in [0.3, 0.4) is 0 Å². The number of amides is 1. The average Bonchev–Trinajstić information content (AvgIpc) is 2.41. The van der Waals surface area contributed by atoms with Gasteiger partial charge in [-0.25, -0.2) is 8.42 Å². The molecule has 0 aromatic heterocycles. The first-order chi connectivity index (χ1) is 9.96. The van der Waals surface area contributed by atoms with Gasteiger partial charge in [-0.15, -0.1) is 0 Å². The van der Waals surface area contributed by atoms with Crippen LogP contribution in [0, 0.1) is 0 Å². The van der Waals surface area contributed by atoms with E-state index >= 15 is 0 Å². The van der Waals surface area contributed by atoms with Gasteiger partial charge in [-0.2, -0.15) is 0 Å². The molecule has 1 aromatic carbocycles. The maximum atomic E-state index is 11.4. The predicted molar refractivity (Wildman–Crippen MR) is 80.2 cm³/mol. The molecule has 0 heterocycles. The van der Waals surface area contributed by atoms with E-state index < -0.39 is 39.0 Å². The lowest BCUT2D eigenvalue weighted by molar-refractivity contribution is -0.129. The summed E-state index contributed by atoms with van der Waals surface area (Å²) in [5.41, 5.74) is 0.249. The molecule has 0 saturated carbocycles. The topological polar surface area (TPSA) is 124 Å². The molecule has 0 bridgehead atoms. The molecular formula is C12H15Cl2NO6S. The first-order valence-corrected chi connectivity index (χ1v) is 8.61.